The summed E-state index contributed by atoms with van der Waals surface area (Å²) in [4.78, 5) is 4.64. The van der Waals surface area contributed by atoms with Crippen molar-refractivity contribution in [3.05, 3.63) is 30.1 Å². The van der Waals surface area contributed by atoms with Gasteiger partial charge in [0, 0.05) is 26.0 Å². The molecular formula is C16H22N2O2. The van der Waals surface area contributed by atoms with Crippen molar-refractivity contribution in [1.82, 2.24) is 9.55 Å². The van der Waals surface area contributed by atoms with Gasteiger partial charge in [-0.1, -0.05) is 19.1 Å². The maximum atomic E-state index is 10.5. The fourth-order valence-electron chi connectivity index (χ4n) is 3.24. The molecule has 0 radical (unpaired) electrons. The maximum absolute atomic E-state index is 10.5. The highest BCUT2D eigenvalue weighted by Crippen LogP contribution is 2.28. The van der Waals surface area contributed by atoms with E-state index in [4.69, 9.17) is 4.74 Å². The average molecular weight is 274 g/mol. The van der Waals surface area contributed by atoms with Gasteiger partial charge >= 0.3 is 0 Å². The molecule has 108 valence electrons. The number of imidazole rings is 1. The van der Waals surface area contributed by atoms with Crippen molar-refractivity contribution < 1.29 is 9.84 Å². The Labute approximate surface area is 119 Å². The van der Waals surface area contributed by atoms with E-state index in [1.807, 2.05) is 25.2 Å². The van der Waals surface area contributed by atoms with Gasteiger partial charge in [-0.3, -0.25) is 0 Å². The number of rotatable bonds is 4. The number of aromatic nitrogens is 2. The lowest BCUT2D eigenvalue weighted by molar-refractivity contribution is 0.0307. The first-order valence-corrected chi connectivity index (χ1v) is 7.40. The van der Waals surface area contributed by atoms with Gasteiger partial charge in [0.1, 0.15) is 5.82 Å². The van der Waals surface area contributed by atoms with Gasteiger partial charge in [-0.15, -0.1) is 0 Å². The van der Waals surface area contributed by atoms with Crippen LogP contribution in [0.1, 0.15) is 25.6 Å². The van der Waals surface area contributed by atoms with Gasteiger partial charge < -0.3 is 14.4 Å². The third kappa shape index (κ3) is 2.34. The Bertz CT molecular complexity index is 593. The van der Waals surface area contributed by atoms with Crippen LogP contribution in [-0.4, -0.2) is 33.5 Å². The minimum absolute atomic E-state index is 0.194. The van der Waals surface area contributed by atoms with Crippen molar-refractivity contribution >= 4 is 11.0 Å². The van der Waals surface area contributed by atoms with Crippen LogP contribution >= 0.6 is 0 Å². The summed E-state index contributed by atoms with van der Waals surface area (Å²) in [5.74, 6) is 1.18. The van der Waals surface area contributed by atoms with Crippen LogP contribution in [0.5, 0.6) is 0 Å². The van der Waals surface area contributed by atoms with Crippen LogP contribution in [0.3, 0.4) is 0 Å². The number of aliphatic hydroxyl groups is 1. The standard InChI is InChI=1S/C16H22N2O2/c1-3-15-11(8-9-20-15)14(19)10-16-17-12-6-4-5-7-13(12)18(16)2/h4-7,11,14-15,19H,3,8-10H2,1-2H3. The van der Waals surface area contributed by atoms with Crippen LogP contribution < -0.4 is 0 Å². The van der Waals surface area contributed by atoms with Crippen molar-refractivity contribution in [2.45, 2.75) is 38.4 Å². The number of benzene rings is 1. The number of nitrogens with zero attached hydrogens (tertiary/aromatic N) is 2. The van der Waals surface area contributed by atoms with E-state index < -0.39 is 0 Å². The molecule has 1 fully saturated rings. The number of aliphatic hydroxyl groups excluding tert-OH is 1. The summed E-state index contributed by atoms with van der Waals surface area (Å²) in [6.07, 6.45) is 2.32. The lowest BCUT2D eigenvalue weighted by Gasteiger charge is -2.22. The quantitative estimate of drug-likeness (QED) is 0.930. The smallest absolute Gasteiger partial charge is 0.112 e. The lowest BCUT2D eigenvalue weighted by atomic mass is 9.91. The first-order chi connectivity index (χ1) is 9.70. The molecule has 3 rings (SSSR count). The zero-order valence-electron chi connectivity index (χ0n) is 12.1. The third-order valence-corrected chi connectivity index (χ3v) is 4.43. The van der Waals surface area contributed by atoms with Crippen molar-refractivity contribution in [3.63, 3.8) is 0 Å². The van der Waals surface area contributed by atoms with E-state index >= 15 is 0 Å². The lowest BCUT2D eigenvalue weighted by Crippen LogP contribution is -2.30. The van der Waals surface area contributed by atoms with E-state index in [1.165, 1.54) is 0 Å². The third-order valence-electron chi connectivity index (χ3n) is 4.43. The summed E-state index contributed by atoms with van der Waals surface area (Å²) < 4.78 is 7.75. The number of ether oxygens (including phenoxy) is 1. The number of para-hydroxylation sites is 2. The van der Waals surface area contributed by atoms with Crippen LogP contribution in [0.15, 0.2) is 24.3 Å². The van der Waals surface area contributed by atoms with Gasteiger partial charge in [0.2, 0.25) is 0 Å². The van der Waals surface area contributed by atoms with Crippen molar-refractivity contribution in [2.24, 2.45) is 13.0 Å². The highest BCUT2D eigenvalue weighted by Gasteiger charge is 2.33. The summed E-state index contributed by atoms with van der Waals surface area (Å²) in [5, 5.41) is 10.5. The Morgan fingerprint density at radius 3 is 3.00 bits per heavy atom. The molecule has 4 heteroatoms. The molecule has 1 aliphatic rings. The highest BCUT2D eigenvalue weighted by atomic mass is 16.5. The van der Waals surface area contributed by atoms with Gasteiger partial charge in [0.15, 0.2) is 0 Å². The normalized spacial score (nSPS) is 24.4. The van der Waals surface area contributed by atoms with E-state index in [0.29, 0.717) is 6.42 Å². The summed E-state index contributed by atoms with van der Waals surface area (Å²) >= 11 is 0. The molecule has 0 spiro atoms. The second-order valence-corrected chi connectivity index (χ2v) is 5.62. The summed E-state index contributed by atoms with van der Waals surface area (Å²) in [5.41, 5.74) is 2.11. The molecule has 0 amide bonds. The molecule has 0 saturated carbocycles. The van der Waals surface area contributed by atoms with E-state index in [1.54, 1.807) is 0 Å². The van der Waals surface area contributed by atoms with E-state index in [-0.39, 0.29) is 18.1 Å². The zero-order chi connectivity index (χ0) is 14.1. The Balaban J connectivity index is 1.80. The van der Waals surface area contributed by atoms with Gasteiger partial charge in [0.25, 0.3) is 0 Å². The Hall–Kier alpha value is -1.39. The molecule has 2 aromatic rings. The van der Waals surface area contributed by atoms with Crippen molar-refractivity contribution in [1.29, 1.82) is 0 Å². The van der Waals surface area contributed by atoms with Gasteiger partial charge in [0.05, 0.1) is 23.2 Å². The predicted molar refractivity (Wildman–Crippen MR) is 78.6 cm³/mol. The van der Waals surface area contributed by atoms with Crippen LogP contribution in [0.25, 0.3) is 11.0 Å². The molecular weight excluding hydrogens is 252 g/mol. The van der Waals surface area contributed by atoms with Gasteiger partial charge in [-0.25, -0.2) is 4.98 Å². The highest BCUT2D eigenvalue weighted by molar-refractivity contribution is 5.75. The van der Waals surface area contributed by atoms with Crippen LogP contribution in [0.4, 0.5) is 0 Å². The molecule has 1 aromatic carbocycles. The van der Waals surface area contributed by atoms with Crippen LogP contribution in [0.2, 0.25) is 0 Å². The SMILES string of the molecule is CCC1OCCC1C(O)Cc1nc2ccccc2n1C. The van der Waals surface area contributed by atoms with Crippen molar-refractivity contribution in [3.8, 4) is 0 Å². The summed E-state index contributed by atoms with van der Waals surface area (Å²) in [6.45, 7) is 2.88. The topological polar surface area (TPSA) is 47.3 Å². The largest absolute Gasteiger partial charge is 0.392 e. The molecule has 0 aliphatic carbocycles. The van der Waals surface area contributed by atoms with E-state index in [2.05, 4.69) is 22.5 Å². The first kappa shape index (κ1) is 13.6. The number of fused-ring (bicyclic) bond motifs is 1. The fourth-order valence-corrected chi connectivity index (χ4v) is 3.24. The maximum Gasteiger partial charge on any atom is 0.112 e. The summed E-state index contributed by atoms with van der Waals surface area (Å²) in [7, 11) is 2.01. The minimum atomic E-state index is -0.377. The molecule has 1 N–H and O–H groups in total. The second-order valence-electron chi connectivity index (χ2n) is 5.62. The Morgan fingerprint density at radius 1 is 1.45 bits per heavy atom. The van der Waals surface area contributed by atoms with Gasteiger partial charge in [-0.05, 0) is 25.0 Å². The molecule has 20 heavy (non-hydrogen) atoms. The second kappa shape index (κ2) is 5.54. The van der Waals surface area contributed by atoms with E-state index in [0.717, 1.165) is 36.3 Å². The number of aryl methyl sites for hydroxylation is 1. The molecule has 3 atom stereocenters. The predicted octanol–water partition coefficient (Wildman–Crippen LogP) is 2.29. The molecule has 1 saturated heterocycles. The van der Waals surface area contributed by atoms with Crippen molar-refractivity contribution in [2.75, 3.05) is 6.61 Å². The Kier molecular flexibility index (Phi) is 3.76. The fraction of sp³-hybridized carbons (Fsp3) is 0.562. The first-order valence-electron chi connectivity index (χ1n) is 7.40. The summed E-state index contributed by atoms with van der Waals surface area (Å²) in [6, 6.07) is 8.08. The monoisotopic (exact) mass is 274 g/mol. The molecule has 0 bridgehead atoms. The molecule has 4 nitrogen and oxygen atoms in total. The molecule has 2 heterocycles. The molecule has 1 aliphatic heterocycles. The van der Waals surface area contributed by atoms with Crippen LogP contribution in [-0.2, 0) is 18.2 Å². The van der Waals surface area contributed by atoms with Gasteiger partial charge in [-0.2, -0.15) is 0 Å². The van der Waals surface area contributed by atoms with E-state index in [9.17, 15) is 5.11 Å². The number of hydrogen-bond acceptors (Lipinski definition) is 3. The minimum Gasteiger partial charge on any atom is -0.392 e. The Morgan fingerprint density at radius 2 is 2.25 bits per heavy atom. The molecule has 3 unspecified atom stereocenters. The zero-order valence-corrected chi connectivity index (χ0v) is 12.1. The number of hydrogen-bond donors (Lipinski definition) is 1. The van der Waals surface area contributed by atoms with Crippen LogP contribution in [0, 0.1) is 5.92 Å². The average Bonchev–Trinajstić information content (AvgIpc) is 3.05. The molecule has 1 aromatic heterocycles.